The van der Waals surface area contributed by atoms with E-state index in [4.69, 9.17) is 0 Å². The van der Waals surface area contributed by atoms with Crippen LogP contribution >= 0.6 is 0 Å². The Labute approximate surface area is 63.8 Å². The summed E-state index contributed by atoms with van der Waals surface area (Å²) in [4.78, 5) is 0. The third kappa shape index (κ3) is 4.73. The molecule has 0 saturated carbocycles. The molecule has 2 N–H and O–H groups in total. The maximum absolute atomic E-state index is 3.25. The summed E-state index contributed by atoms with van der Waals surface area (Å²) in [6.45, 7) is 10.4. The van der Waals surface area contributed by atoms with Crippen molar-refractivity contribution in [3.05, 3.63) is 0 Å². The molecular weight excluding hydrogens is 126 g/mol. The van der Waals surface area contributed by atoms with Gasteiger partial charge >= 0.3 is 0 Å². The fourth-order valence-corrected chi connectivity index (χ4v) is 0.750. The summed E-state index contributed by atoms with van der Waals surface area (Å²) >= 11 is 0. The first-order valence-electron chi connectivity index (χ1n) is 4.04. The minimum atomic E-state index is 0.931. The van der Waals surface area contributed by atoms with E-state index in [1.54, 1.807) is 0 Å². The Morgan fingerprint density at radius 3 is 2.20 bits per heavy atom. The summed E-state index contributed by atoms with van der Waals surface area (Å²) < 4.78 is 0. The second kappa shape index (κ2) is 6.99. The van der Waals surface area contributed by atoms with Crippen molar-refractivity contribution in [2.24, 2.45) is 0 Å². The Bertz CT molecular complexity index is 65.9. The van der Waals surface area contributed by atoms with Gasteiger partial charge in [0.25, 0.3) is 0 Å². The summed E-state index contributed by atoms with van der Waals surface area (Å²) in [7, 11) is 0. The molecule has 0 aromatic heterocycles. The molecule has 0 bridgehead atoms. The lowest BCUT2D eigenvalue weighted by Crippen LogP contribution is -2.43. The predicted octanol–water partition coefficient (Wildman–Crippen LogP) is 0.400. The largest absolute Gasteiger partial charge is 0.304 e. The average molecular weight is 145 g/mol. The topological polar surface area (TPSA) is 27.3 Å². The molecule has 0 saturated heterocycles. The normalized spacial score (nSPS) is 10.8. The van der Waals surface area contributed by atoms with Crippen LogP contribution < -0.4 is 10.7 Å². The Morgan fingerprint density at radius 1 is 1.10 bits per heavy atom. The van der Waals surface area contributed by atoms with Crippen LogP contribution in [0.15, 0.2) is 0 Å². The van der Waals surface area contributed by atoms with Crippen molar-refractivity contribution in [1.82, 2.24) is 15.8 Å². The van der Waals surface area contributed by atoms with Crippen molar-refractivity contribution >= 4 is 0 Å². The van der Waals surface area contributed by atoms with Crippen LogP contribution in [0.1, 0.15) is 20.8 Å². The Morgan fingerprint density at radius 2 is 1.80 bits per heavy atom. The minimum absolute atomic E-state index is 0.931. The van der Waals surface area contributed by atoms with E-state index >= 15 is 0 Å². The van der Waals surface area contributed by atoms with Crippen LogP contribution in [0.3, 0.4) is 0 Å². The molecule has 0 radical (unpaired) electrons. The van der Waals surface area contributed by atoms with Gasteiger partial charge in [-0.15, -0.1) is 0 Å². The third-order valence-corrected chi connectivity index (χ3v) is 1.32. The van der Waals surface area contributed by atoms with Crippen LogP contribution in [0.25, 0.3) is 0 Å². The lowest BCUT2D eigenvalue weighted by Gasteiger charge is -2.20. The zero-order chi connectivity index (χ0) is 7.82. The van der Waals surface area contributed by atoms with Crippen molar-refractivity contribution in [2.45, 2.75) is 20.8 Å². The number of hydrazine groups is 1. The molecule has 0 atom stereocenters. The highest BCUT2D eigenvalue weighted by atomic mass is 15.5. The van der Waals surface area contributed by atoms with Crippen LogP contribution in [-0.2, 0) is 0 Å². The maximum atomic E-state index is 3.25. The molecule has 0 aliphatic carbocycles. The van der Waals surface area contributed by atoms with Crippen LogP contribution in [-0.4, -0.2) is 31.3 Å². The van der Waals surface area contributed by atoms with Gasteiger partial charge in [0, 0.05) is 13.1 Å². The van der Waals surface area contributed by atoms with Gasteiger partial charge < -0.3 is 5.32 Å². The van der Waals surface area contributed by atoms with E-state index in [9.17, 15) is 0 Å². The molecule has 0 spiro atoms. The lowest BCUT2D eigenvalue weighted by atomic mass is 10.6. The summed E-state index contributed by atoms with van der Waals surface area (Å²) in [5, 5.41) is 5.40. The van der Waals surface area contributed by atoms with E-state index in [-0.39, 0.29) is 0 Å². The van der Waals surface area contributed by atoms with Crippen molar-refractivity contribution in [1.29, 1.82) is 0 Å². The highest BCUT2D eigenvalue weighted by molar-refractivity contribution is 4.44. The van der Waals surface area contributed by atoms with Crippen molar-refractivity contribution in [3.63, 3.8) is 0 Å². The van der Waals surface area contributed by atoms with Crippen molar-refractivity contribution < 1.29 is 0 Å². The van der Waals surface area contributed by atoms with E-state index in [1.165, 1.54) is 0 Å². The lowest BCUT2D eigenvalue weighted by molar-refractivity contribution is 0.188. The smallest absolute Gasteiger partial charge is 0.0620 e. The zero-order valence-corrected chi connectivity index (χ0v) is 7.28. The summed E-state index contributed by atoms with van der Waals surface area (Å²) in [5.74, 6) is 0. The quantitative estimate of drug-likeness (QED) is 0.418. The Hall–Kier alpha value is -0.120. The first-order chi connectivity index (χ1) is 4.85. The molecule has 0 aliphatic rings. The van der Waals surface area contributed by atoms with Gasteiger partial charge in [0.1, 0.15) is 0 Å². The number of nitrogens with one attached hydrogen (secondary N) is 2. The molecule has 0 amide bonds. The minimum Gasteiger partial charge on any atom is -0.304 e. The van der Waals surface area contributed by atoms with Gasteiger partial charge in [0.2, 0.25) is 0 Å². The van der Waals surface area contributed by atoms with Crippen LogP contribution in [0, 0.1) is 0 Å². The summed E-state index contributed by atoms with van der Waals surface area (Å²) in [6, 6.07) is 0. The highest BCUT2D eigenvalue weighted by Gasteiger charge is 1.95. The number of hydrogen-bond acceptors (Lipinski definition) is 3. The fraction of sp³-hybridized carbons (Fsp3) is 1.00. The molecule has 0 aromatic carbocycles. The first kappa shape index (κ1) is 9.88. The fourth-order valence-electron chi connectivity index (χ4n) is 0.750. The average Bonchev–Trinajstić information content (AvgIpc) is 1.98. The van der Waals surface area contributed by atoms with E-state index in [0.29, 0.717) is 0 Å². The molecule has 0 aromatic rings. The number of rotatable bonds is 6. The second-order valence-electron chi connectivity index (χ2n) is 2.13. The molecule has 62 valence electrons. The van der Waals surface area contributed by atoms with Gasteiger partial charge in [0.15, 0.2) is 0 Å². The standard InChI is InChI=1S/C7H19N3/c1-4-8-7-10(6-3)9-5-2/h8-9H,4-7H2,1-3H3. The van der Waals surface area contributed by atoms with Crippen LogP contribution in [0.4, 0.5) is 0 Å². The summed E-state index contributed by atoms with van der Waals surface area (Å²) in [5.41, 5.74) is 3.24. The van der Waals surface area contributed by atoms with E-state index in [0.717, 1.165) is 26.3 Å². The predicted molar refractivity (Wildman–Crippen MR) is 44.6 cm³/mol. The molecule has 0 fully saturated rings. The van der Waals surface area contributed by atoms with Gasteiger partial charge in [-0.3, -0.25) is 5.43 Å². The first-order valence-corrected chi connectivity index (χ1v) is 4.04. The van der Waals surface area contributed by atoms with Crippen LogP contribution in [0.2, 0.25) is 0 Å². The SMILES string of the molecule is CCNCN(CC)NCC. The number of hydrogen-bond donors (Lipinski definition) is 2. The van der Waals surface area contributed by atoms with Gasteiger partial charge in [-0.05, 0) is 6.54 Å². The molecule has 0 rings (SSSR count). The van der Waals surface area contributed by atoms with Crippen molar-refractivity contribution in [2.75, 3.05) is 26.3 Å². The summed E-state index contributed by atoms with van der Waals surface area (Å²) in [6.07, 6.45) is 0. The Balaban J connectivity index is 3.21. The third-order valence-electron chi connectivity index (χ3n) is 1.32. The zero-order valence-electron chi connectivity index (χ0n) is 7.28. The Kier molecular flexibility index (Phi) is 6.91. The van der Waals surface area contributed by atoms with E-state index in [2.05, 4.69) is 36.5 Å². The van der Waals surface area contributed by atoms with Gasteiger partial charge in [-0.2, -0.15) is 0 Å². The maximum Gasteiger partial charge on any atom is 0.0620 e. The molecule has 3 nitrogen and oxygen atoms in total. The van der Waals surface area contributed by atoms with E-state index in [1.807, 2.05) is 0 Å². The van der Waals surface area contributed by atoms with Gasteiger partial charge in [-0.1, -0.05) is 20.8 Å². The van der Waals surface area contributed by atoms with E-state index < -0.39 is 0 Å². The molecule has 3 heteroatoms. The highest BCUT2D eigenvalue weighted by Crippen LogP contribution is 1.76. The molecule has 10 heavy (non-hydrogen) atoms. The molecule has 0 heterocycles. The molecular formula is C7H19N3. The molecule has 0 aliphatic heterocycles. The molecule has 0 unspecified atom stereocenters. The van der Waals surface area contributed by atoms with Crippen molar-refractivity contribution in [3.8, 4) is 0 Å². The van der Waals surface area contributed by atoms with Gasteiger partial charge in [0.05, 0.1) is 6.67 Å². The van der Waals surface area contributed by atoms with Crippen LogP contribution in [0.5, 0.6) is 0 Å². The number of nitrogens with zero attached hydrogens (tertiary/aromatic N) is 1. The second-order valence-corrected chi connectivity index (χ2v) is 2.13. The monoisotopic (exact) mass is 145 g/mol. The van der Waals surface area contributed by atoms with Gasteiger partial charge in [-0.25, -0.2) is 5.01 Å².